The molecule has 0 aliphatic carbocycles. The van der Waals surface area contributed by atoms with E-state index in [4.69, 9.17) is 12.2 Å². The molecule has 0 aromatic heterocycles. The van der Waals surface area contributed by atoms with Gasteiger partial charge in [-0.3, -0.25) is 24.6 Å². The minimum Gasteiger partial charge on any atom is -0.331 e. The van der Waals surface area contributed by atoms with Crippen LogP contribution >= 0.6 is 12.2 Å². The van der Waals surface area contributed by atoms with Gasteiger partial charge in [0.15, 0.2) is 10.9 Å². The number of non-ortho nitro benzene ring substituents is 1. The second-order valence-electron chi connectivity index (χ2n) is 7.42. The molecule has 1 N–H and O–H groups in total. The average Bonchev–Trinajstić information content (AvgIpc) is 2.83. The molecular formula is C25H19N3O4S. The Hall–Kier alpha value is -4.17. The van der Waals surface area contributed by atoms with E-state index in [0.29, 0.717) is 22.4 Å². The van der Waals surface area contributed by atoms with E-state index in [9.17, 15) is 19.7 Å². The molecule has 0 fully saturated rings. The molecule has 1 atom stereocenters. The third-order valence-corrected chi connectivity index (χ3v) is 5.63. The number of amides is 1. The van der Waals surface area contributed by atoms with Crippen LogP contribution in [0.2, 0.25) is 0 Å². The van der Waals surface area contributed by atoms with E-state index in [0.717, 1.165) is 0 Å². The minimum atomic E-state index is -0.945. The van der Waals surface area contributed by atoms with Gasteiger partial charge in [0.25, 0.3) is 5.69 Å². The normalized spacial score (nSPS) is 15.7. The summed E-state index contributed by atoms with van der Waals surface area (Å²) in [6.07, 6.45) is 0. The molecule has 1 unspecified atom stereocenters. The Balaban J connectivity index is 2.03. The number of nitrogens with one attached hydrogen (secondary N) is 1. The van der Waals surface area contributed by atoms with Gasteiger partial charge in [-0.2, -0.15) is 0 Å². The quantitative estimate of drug-likeness (QED) is 0.259. The lowest BCUT2D eigenvalue weighted by Crippen LogP contribution is -2.50. The molecule has 164 valence electrons. The van der Waals surface area contributed by atoms with Crippen LogP contribution in [-0.4, -0.2) is 26.6 Å². The number of Topliss-reactive ketones (excluding diaryl/α,β-unsaturated/α-hetero) is 1. The number of nitro groups is 1. The van der Waals surface area contributed by atoms with Crippen LogP contribution in [0.15, 0.2) is 90.5 Å². The van der Waals surface area contributed by atoms with Crippen molar-refractivity contribution < 1.29 is 14.5 Å². The molecule has 0 radical (unpaired) electrons. The highest BCUT2D eigenvalue weighted by Gasteiger charge is 2.40. The van der Waals surface area contributed by atoms with Gasteiger partial charge in [0.2, 0.25) is 5.91 Å². The fraction of sp³-hybridized carbons (Fsp3) is 0.0800. The van der Waals surface area contributed by atoms with Gasteiger partial charge in [-0.1, -0.05) is 72.8 Å². The third-order valence-electron chi connectivity index (χ3n) is 5.33. The van der Waals surface area contributed by atoms with Crippen molar-refractivity contribution in [3.05, 3.63) is 117 Å². The summed E-state index contributed by atoms with van der Waals surface area (Å²) < 4.78 is 0. The van der Waals surface area contributed by atoms with Crippen LogP contribution in [0, 0.1) is 10.1 Å². The van der Waals surface area contributed by atoms with Crippen molar-refractivity contribution >= 4 is 40.4 Å². The Morgan fingerprint density at radius 3 is 2.21 bits per heavy atom. The first kappa shape index (κ1) is 22.0. The molecular weight excluding hydrogens is 438 g/mol. The largest absolute Gasteiger partial charge is 0.331 e. The molecule has 1 amide bonds. The van der Waals surface area contributed by atoms with E-state index in [1.807, 2.05) is 30.3 Å². The smallest absolute Gasteiger partial charge is 0.269 e. The van der Waals surface area contributed by atoms with Gasteiger partial charge < -0.3 is 5.32 Å². The Kier molecular flexibility index (Phi) is 6.10. The van der Waals surface area contributed by atoms with Crippen molar-refractivity contribution in [2.75, 3.05) is 0 Å². The monoisotopic (exact) mass is 457 g/mol. The van der Waals surface area contributed by atoms with Gasteiger partial charge in [0.05, 0.1) is 22.2 Å². The SMILES string of the molecule is CC(=O)N1C(=S)NC(c2ccccc2)=C(C(=O)c2ccccc2)C1c1cccc([N+](=O)[O-])c1. The minimum absolute atomic E-state index is 0.113. The van der Waals surface area contributed by atoms with E-state index in [2.05, 4.69) is 5.32 Å². The van der Waals surface area contributed by atoms with E-state index in [1.54, 1.807) is 36.4 Å². The van der Waals surface area contributed by atoms with Crippen LogP contribution in [0.5, 0.6) is 0 Å². The molecule has 1 aliphatic rings. The number of hydrogen-bond donors (Lipinski definition) is 1. The van der Waals surface area contributed by atoms with Gasteiger partial charge >= 0.3 is 0 Å². The summed E-state index contributed by atoms with van der Waals surface area (Å²) >= 11 is 5.51. The van der Waals surface area contributed by atoms with Crippen LogP contribution in [0.3, 0.4) is 0 Å². The second-order valence-corrected chi connectivity index (χ2v) is 7.81. The van der Waals surface area contributed by atoms with Gasteiger partial charge in [-0.15, -0.1) is 0 Å². The Labute approximate surface area is 195 Å². The predicted molar refractivity (Wildman–Crippen MR) is 128 cm³/mol. The van der Waals surface area contributed by atoms with Crippen molar-refractivity contribution in [2.24, 2.45) is 0 Å². The van der Waals surface area contributed by atoms with Crippen LogP contribution in [0.4, 0.5) is 5.69 Å². The summed E-state index contributed by atoms with van der Waals surface area (Å²) in [5.74, 6) is -0.707. The number of nitro benzene ring substituents is 1. The highest BCUT2D eigenvalue weighted by Crippen LogP contribution is 2.39. The van der Waals surface area contributed by atoms with Gasteiger partial charge in [-0.05, 0) is 23.3 Å². The number of carbonyl (C=O) groups excluding carboxylic acids is 2. The number of carbonyl (C=O) groups is 2. The van der Waals surface area contributed by atoms with Gasteiger partial charge in [-0.25, -0.2) is 0 Å². The summed E-state index contributed by atoms with van der Waals surface area (Å²) in [6, 6.07) is 22.8. The maximum atomic E-state index is 13.8. The lowest BCUT2D eigenvalue weighted by molar-refractivity contribution is -0.384. The van der Waals surface area contributed by atoms with E-state index in [1.165, 1.54) is 30.0 Å². The van der Waals surface area contributed by atoms with Crippen LogP contribution in [-0.2, 0) is 4.79 Å². The topological polar surface area (TPSA) is 92.6 Å². The summed E-state index contributed by atoms with van der Waals surface area (Å²) in [4.78, 5) is 38.8. The van der Waals surface area contributed by atoms with Crippen molar-refractivity contribution in [1.29, 1.82) is 0 Å². The Morgan fingerprint density at radius 2 is 1.61 bits per heavy atom. The summed E-state index contributed by atoms with van der Waals surface area (Å²) in [7, 11) is 0. The molecule has 1 aliphatic heterocycles. The molecule has 1 heterocycles. The zero-order valence-corrected chi connectivity index (χ0v) is 18.4. The molecule has 33 heavy (non-hydrogen) atoms. The van der Waals surface area contributed by atoms with Crippen molar-refractivity contribution in [3.63, 3.8) is 0 Å². The number of benzene rings is 3. The molecule has 0 saturated carbocycles. The first-order valence-electron chi connectivity index (χ1n) is 10.1. The Morgan fingerprint density at radius 1 is 0.970 bits per heavy atom. The Bertz CT molecular complexity index is 1290. The zero-order valence-electron chi connectivity index (χ0n) is 17.6. The summed E-state index contributed by atoms with van der Waals surface area (Å²) in [6.45, 7) is 1.34. The maximum absolute atomic E-state index is 13.8. The highest BCUT2D eigenvalue weighted by atomic mass is 32.1. The molecule has 0 spiro atoms. The van der Waals surface area contributed by atoms with Crippen LogP contribution in [0.1, 0.15) is 34.5 Å². The van der Waals surface area contributed by atoms with Crippen molar-refractivity contribution in [2.45, 2.75) is 13.0 Å². The molecule has 0 saturated heterocycles. The van der Waals surface area contributed by atoms with E-state index >= 15 is 0 Å². The molecule has 8 heteroatoms. The van der Waals surface area contributed by atoms with Gasteiger partial charge in [0.1, 0.15) is 0 Å². The second kappa shape index (κ2) is 9.13. The zero-order chi connectivity index (χ0) is 23.5. The summed E-state index contributed by atoms with van der Waals surface area (Å²) in [5.41, 5.74) is 2.14. The molecule has 7 nitrogen and oxygen atoms in total. The molecule has 4 rings (SSSR count). The average molecular weight is 458 g/mol. The number of rotatable bonds is 5. The first-order chi connectivity index (χ1) is 15.9. The highest BCUT2D eigenvalue weighted by molar-refractivity contribution is 7.80. The first-order valence-corrected chi connectivity index (χ1v) is 10.5. The van der Waals surface area contributed by atoms with E-state index in [-0.39, 0.29) is 22.2 Å². The number of hydrogen-bond acceptors (Lipinski definition) is 5. The third kappa shape index (κ3) is 4.28. The lowest BCUT2D eigenvalue weighted by atomic mass is 9.86. The predicted octanol–water partition coefficient (Wildman–Crippen LogP) is 4.67. The van der Waals surface area contributed by atoms with Crippen molar-refractivity contribution in [1.82, 2.24) is 10.2 Å². The van der Waals surface area contributed by atoms with Gasteiger partial charge in [0, 0.05) is 24.6 Å². The van der Waals surface area contributed by atoms with E-state index < -0.39 is 16.9 Å². The lowest BCUT2D eigenvalue weighted by Gasteiger charge is -2.39. The standard InChI is InChI=1S/C25H19N3O4S/c1-16(29)27-23(19-13-8-14-20(15-19)28(31)32)21(24(30)18-11-6-3-7-12-18)22(26-25(27)33)17-9-4-2-5-10-17/h2-15,23H,1H3,(H,26,33). The molecule has 3 aromatic rings. The fourth-order valence-electron chi connectivity index (χ4n) is 3.88. The number of thiocarbonyl (C=S) groups is 1. The fourth-order valence-corrected chi connectivity index (χ4v) is 4.22. The maximum Gasteiger partial charge on any atom is 0.269 e. The number of nitrogens with zero attached hydrogens (tertiary/aromatic N) is 2. The summed E-state index contributed by atoms with van der Waals surface area (Å²) in [5, 5.41) is 14.6. The van der Waals surface area contributed by atoms with Crippen LogP contribution < -0.4 is 5.32 Å². The molecule has 0 bridgehead atoms. The van der Waals surface area contributed by atoms with Crippen LogP contribution in [0.25, 0.3) is 5.70 Å². The molecule has 3 aromatic carbocycles. The van der Waals surface area contributed by atoms with Crippen molar-refractivity contribution in [3.8, 4) is 0 Å². The number of ketones is 1.